The first-order valence-corrected chi connectivity index (χ1v) is 10.7. The van der Waals surface area contributed by atoms with Gasteiger partial charge in [-0.2, -0.15) is 5.10 Å². The molecular weight excluding hydrogens is 450 g/mol. The van der Waals surface area contributed by atoms with Gasteiger partial charge in [-0.1, -0.05) is 23.7 Å². The van der Waals surface area contributed by atoms with Crippen molar-refractivity contribution in [2.45, 2.75) is 6.54 Å². The predicted octanol–water partition coefficient (Wildman–Crippen LogP) is 5.15. The van der Waals surface area contributed by atoms with Gasteiger partial charge in [0.05, 0.1) is 31.0 Å². The standard InChI is InChI=1S/C23H18ClN3O4S/c1-30-20-7-3-2-5-15(20)13-25-26-23-27(14-18-6-4-10-31-18)22(29)21(32-23)12-16-11-17(24)8-9-19(16)28/h2-13,28H,14H2,1H3/b21-12-,25-13-,26-23+. The summed E-state index contributed by atoms with van der Waals surface area (Å²) in [4.78, 5) is 14.9. The number of amides is 1. The van der Waals surface area contributed by atoms with Crippen LogP contribution in [0.4, 0.5) is 0 Å². The van der Waals surface area contributed by atoms with Crippen LogP contribution in [0, 0.1) is 0 Å². The highest BCUT2D eigenvalue weighted by atomic mass is 35.5. The van der Waals surface area contributed by atoms with Gasteiger partial charge in [-0.3, -0.25) is 9.69 Å². The van der Waals surface area contributed by atoms with E-state index in [0.717, 1.165) is 17.3 Å². The Morgan fingerprint density at radius 2 is 2.03 bits per heavy atom. The number of methoxy groups -OCH3 is 1. The Kier molecular flexibility index (Phi) is 6.63. The molecule has 1 aliphatic rings. The van der Waals surface area contributed by atoms with Crippen molar-refractivity contribution in [3.05, 3.63) is 87.7 Å². The number of benzene rings is 2. The van der Waals surface area contributed by atoms with E-state index in [2.05, 4.69) is 10.2 Å². The van der Waals surface area contributed by atoms with Crippen LogP contribution in [0.3, 0.4) is 0 Å². The normalized spacial score (nSPS) is 16.6. The van der Waals surface area contributed by atoms with Crippen LogP contribution in [-0.2, 0) is 11.3 Å². The number of rotatable bonds is 6. The highest BCUT2D eigenvalue weighted by Crippen LogP contribution is 2.35. The summed E-state index contributed by atoms with van der Waals surface area (Å²) in [5, 5.41) is 19.4. The van der Waals surface area contributed by atoms with E-state index in [1.54, 1.807) is 49.9 Å². The summed E-state index contributed by atoms with van der Waals surface area (Å²) < 4.78 is 10.7. The fourth-order valence-corrected chi connectivity index (χ4v) is 4.08. The minimum absolute atomic E-state index is 0.0208. The highest BCUT2D eigenvalue weighted by Gasteiger charge is 2.34. The number of furan rings is 1. The fraction of sp³-hybridized carbons (Fsp3) is 0.0870. The number of amidine groups is 1. The van der Waals surface area contributed by atoms with Gasteiger partial charge in [-0.15, -0.1) is 5.10 Å². The number of phenolic OH excluding ortho intramolecular Hbond substituents is 1. The maximum atomic E-state index is 13.1. The number of thioether (sulfide) groups is 1. The number of phenols is 1. The van der Waals surface area contributed by atoms with Crippen LogP contribution in [-0.4, -0.2) is 34.4 Å². The Morgan fingerprint density at radius 3 is 2.81 bits per heavy atom. The fourth-order valence-electron chi connectivity index (χ4n) is 2.98. The van der Waals surface area contributed by atoms with Gasteiger partial charge in [-0.05, 0) is 60.3 Å². The van der Waals surface area contributed by atoms with Crippen LogP contribution in [0.2, 0.25) is 5.02 Å². The van der Waals surface area contributed by atoms with E-state index in [4.69, 9.17) is 20.8 Å². The smallest absolute Gasteiger partial charge is 0.267 e. The average molecular weight is 468 g/mol. The van der Waals surface area contributed by atoms with E-state index < -0.39 is 0 Å². The molecule has 3 aromatic rings. The summed E-state index contributed by atoms with van der Waals surface area (Å²) in [5.74, 6) is 1.01. The van der Waals surface area contributed by atoms with Crippen LogP contribution in [0.25, 0.3) is 6.08 Å². The lowest BCUT2D eigenvalue weighted by Gasteiger charge is -2.12. The average Bonchev–Trinajstić information content (AvgIpc) is 3.41. The van der Waals surface area contributed by atoms with Crippen molar-refractivity contribution in [3.63, 3.8) is 0 Å². The monoisotopic (exact) mass is 467 g/mol. The molecule has 2 aromatic carbocycles. The molecule has 0 bridgehead atoms. The summed E-state index contributed by atoms with van der Waals surface area (Å²) in [7, 11) is 1.58. The third-order valence-electron chi connectivity index (χ3n) is 4.54. The molecule has 162 valence electrons. The van der Waals surface area contributed by atoms with Crippen molar-refractivity contribution >= 4 is 46.7 Å². The van der Waals surface area contributed by atoms with Crippen molar-refractivity contribution < 1.29 is 19.1 Å². The second-order valence-corrected chi connectivity index (χ2v) is 8.10. The van der Waals surface area contributed by atoms with E-state index in [0.29, 0.717) is 32.2 Å². The lowest BCUT2D eigenvalue weighted by atomic mass is 10.2. The number of hydrogen-bond donors (Lipinski definition) is 1. The Morgan fingerprint density at radius 1 is 1.19 bits per heavy atom. The molecule has 2 heterocycles. The first kappa shape index (κ1) is 21.7. The second kappa shape index (κ2) is 9.76. The summed E-state index contributed by atoms with van der Waals surface area (Å²) >= 11 is 7.18. The first-order chi connectivity index (χ1) is 15.5. The highest BCUT2D eigenvalue weighted by molar-refractivity contribution is 8.18. The van der Waals surface area contributed by atoms with Crippen LogP contribution < -0.4 is 4.74 Å². The molecule has 0 radical (unpaired) electrons. The van der Waals surface area contributed by atoms with Crippen molar-refractivity contribution in [2.24, 2.45) is 10.2 Å². The number of aromatic hydroxyl groups is 1. The molecule has 1 N–H and O–H groups in total. The van der Waals surface area contributed by atoms with E-state index >= 15 is 0 Å². The molecule has 0 saturated carbocycles. The minimum atomic E-state index is -0.281. The maximum absolute atomic E-state index is 13.1. The Balaban J connectivity index is 1.66. The molecule has 1 aromatic heterocycles. The summed E-state index contributed by atoms with van der Waals surface area (Å²) in [6, 6.07) is 15.6. The Hall–Kier alpha value is -3.49. The van der Waals surface area contributed by atoms with Gasteiger partial charge in [0.15, 0.2) is 5.17 Å². The van der Waals surface area contributed by atoms with Gasteiger partial charge in [0, 0.05) is 16.1 Å². The van der Waals surface area contributed by atoms with Gasteiger partial charge >= 0.3 is 0 Å². The molecule has 1 aliphatic heterocycles. The van der Waals surface area contributed by atoms with Crippen LogP contribution in [0.15, 0.2) is 80.4 Å². The van der Waals surface area contributed by atoms with Crippen LogP contribution in [0.5, 0.6) is 11.5 Å². The Bertz CT molecular complexity index is 1220. The number of ether oxygens (including phenoxy) is 1. The third-order valence-corrected chi connectivity index (χ3v) is 5.77. The maximum Gasteiger partial charge on any atom is 0.267 e. The van der Waals surface area contributed by atoms with E-state index in [9.17, 15) is 9.90 Å². The molecule has 1 saturated heterocycles. The van der Waals surface area contributed by atoms with Crippen molar-refractivity contribution in [1.29, 1.82) is 0 Å². The number of hydrogen-bond acceptors (Lipinski definition) is 7. The zero-order chi connectivity index (χ0) is 22.5. The van der Waals surface area contributed by atoms with Crippen molar-refractivity contribution in [1.82, 2.24) is 4.90 Å². The molecule has 0 spiro atoms. The molecular formula is C23H18ClN3O4S. The van der Waals surface area contributed by atoms with E-state index in [1.807, 2.05) is 24.3 Å². The summed E-state index contributed by atoms with van der Waals surface area (Å²) in [6.07, 6.45) is 4.68. The summed E-state index contributed by atoms with van der Waals surface area (Å²) in [6.45, 7) is 0.195. The zero-order valence-corrected chi connectivity index (χ0v) is 18.5. The third kappa shape index (κ3) is 4.87. The number of halogens is 1. The zero-order valence-electron chi connectivity index (χ0n) is 16.9. The molecule has 0 aliphatic carbocycles. The number of carbonyl (C=O) groups excluding carboxylic acids is 1. The van der Waals surface area contributed by atoms with Gasteiger partial charge in [0.2, 0.25) is 0 Å². The predicted molar refractivity (Wildman–Crippen MR) is 126 cm³/mol. The van der Waals surface area contributed by atoms with Gasteiger partial charge < -0.3 is 14.3 Å². The van der Waals surface area contributed by atoms with Crippen molar-refractivity contribution in [2.75, 3.05) is 7.11 Å². The Labute approximate surface area is 193 Å². The quantitative estimate of drug-likeness (QED) is 0.307. The van der Waals surface area contributed by atoms with Crippen LogP contribution in [0.1, 0.15) is 16.9 Å². The number of nitrogens with zero attached hydrogens (tertiary/aromatic N) is 3. The molecule has 0 atom stereocenters. The lowest BCUT2D eigenvalue weighted by Crippen LogP contribution is -2.28. The van der Waals surface area contributed by atoms with Gasteiger partial charge in [-0.25, -0.2) is 0 Å². The lowest BCUT2D eigenvalue weighted by molar-refractivity contribution is -0.122. The van der Waals surface area contributed by atoms with Crippen LogP contribution >= 0.6 is 23.4 Å². The minimum Gasteiger partial charge on any atom is -0.507 e. The van der Waals surface area contributed by atoms with E-state index in [1.165, 1.54) is 11.0 Å². The van der Waals surface area contributed by atoms with Gasteiger partial charge in [0.25, 0.3) is 5.91 Å². The molecule has 4 rings (SSSR count). The number of para-hydroxylation sites is 1. The molecule has 1 fully saturated rings. The molecule has 9 heteroatoms. The van der Waals surface area contributed by atoms with E-state index in [-0.39, 0.29) is 18.2 Å². The summed E-state index contributed by atoms with van der Waals surface area (Å²) in [5.41, 5.74) is 1.19. The molecule has 32 heavy (non-hydrogen) atoms. The molecule has 0 unspecified atom stereocenters. The van der Waals surface area contributed by atoms with Gasteiger partial charge in [0.1, 0.15) is 17.3 Å². The topological polar surface area (TPSA) is 87.6 Å². The molecule has 7 nitrogen and oxygen atoms in total. The molecule has 1 amide bonds. The number of carbonyl (C=O) groups is 1. The largest absolute Gasteiger partial charge is 0.507 e. The second-order valence-electron chi connectivity index (χ2n) is 6.65. The SMILES string of the molecule is COc1ccccc1/C=N\N=C1\S/C(=C\c2cc(Cl)ccc2O)C(=O)N1Cc1ccco1. The van der Waals surface area contributed by atoms with Crippen molar-refractivity contribution in [3.8, 4) is 11.5 Å². The first-order valence-electron chi connectivity index (χ1n) is 9.51.